The quantitative estimate of drug-likeness (QED) is 0.755. The number of hydrogen-bond donors (Lipinski definition) is 1. The number of nitrogens with zero attached hydrogens (tertiary/aromatic N) is 1. The Labute approximate surface area is 66.9 Å². The molecule has 0 amide bonds. The van der Waals surface area contributed by atoms with Gasteiger partial charge in [0.2, 0.25) is 5.88 Å². The molecule has 0 radical (unpaired) electrons. The van der Waals surface area contributed by atoms with Gasteiger partial charge in [0, 0.05) is 7.05 Å². The minimum atomic E-state index is 0.744. The lowest BCUT2D eigenvalue weighted by Crippen LogP contribution is -1.86. The summed E-state index contributed by atoms with van der Waals surface area (Å²) in [5.74, 6) is 0.744. The highest BCUT2D eigenvalue weighted by Gasteiger charge is 2.05. The summed E-state index contributed by atoms with van der Waals surface area (Å²) in [6, 6.07) is 0. The maximum Gasteiger partial charge on any atom is 0.238 e. The summed E-state index contributed by atoms with van der Waals surface area (Å²) >= 11 is 2.18. The van der Waals surface area contributed by atoms with Gasteiger partial charge >= 0.3 is 0 Å². The Hall–Kier alpha value is -0.260. The van der Waals surface area contributed by atoms with Crippen molar-refractivity contribution >= 4 is 28.5 Å². The van der Waals surface area contributed by atoms with Crippen molar-refractivity contribution in [3.63, 3.8) is 0 Å². The Balaban J connectivity index is 3.04. The van der Waals surface area contributed by atoms with Crippen molar-refractivity contribution in [3.05, 3.63) is 9.26 Å². The van der Waals surface area contributed by atoms with Gasteiger partial charge in [0.15, 0.2) is 0 Å². The van der Waals surface area contributed by atoms with Gasteiger partial charge in [-0.3, -0.25) is 0 Å². The van der Waals surface area contributed by atoms with Crippen molar-refractivity contribution in [1.82, 2.24) is 5.16 Å². The van der Waals surface area contributed by atoms with Crippen LogP contribution >= 0.6 is 22.6 Å². The molecule has 3 nitrogen and oxygen atoms in total. The summed E-state index contributed by atoms with van der Waals surface area (Å²) in [4.78, 5) is 0. The average molecular weight is 238 g/mol. The van der Waals surface area contributed by atoms with Crippen LogP contribution in [0.2, 0.25) is 0 Å². The lowest BCUT2D eigenvalue weighted by Gasteiger charge is -1.88. The number of aromatic nitrogens is 1. The van der Waals surface area contributed by atoms with Crippen molar-refractivity contribution in [1.29, 1.82) is 0 Å². The van der Waals surface area contributed by atoms with Gasteiger partial charge < -0.3 is 9.84 Å². The summed E-state index contributed by atoms with van der Waals surface area (Å²) in [5.41, 5.74) is 0.931. The SMILES string of the molecule is CNc1onc(C)c1I. The van der Waals surface area contributed by atoms with Crippen LogP contribution in [0, 0.1) is 10.5 Å². The van der Waals surface area contributed by atoms with Gasteiger partial charge in [0.05, 0.1) is 5.69 Å². The molecule has 1 aromatic heterocycles. The average Bonchev–Trinajstić information content (AvgIpc) is 2.15. The second-order valence-corrected chi connectivity index (χ2v) is 2.74. The first-order chi connectivity index (χ1) is 4.25. The molecular weight excluding hydrogens is 231 g/mol. The van der Waals surface area contributed by atoms with E-state index in [1.165, 1.54) is 0 Å². The fourth-order valence-electron chi connectivity index (χ4n) is 0.514. The molecule has 0 aliphatic rings. The molecule has 0 saturated heterocycles. The van der Waals surface area contributed by atoms with Crippen LogP contribution in [0.3, 0.4) is 0 Å². The van der Waals surface area contributed by atoms with Crippen LogP contribution in [0.25, 0.3) is 0 Å². The second kappa shape index (κ2) is 2.55. The van der Waals surface area contributed by atoms with Gasteiger partial charge in [-0.15, -0.1) is 0 Å². The van der Waals surface area contributed by atoms with E-state index in [4.69, 9.17) is 4.52 Å². The van der Waals surface area contributed by atoms with E-state index in [-0.39, 0.29) is 0 Å². The number of nitrogens with one attached hydrogen (secondary N) is 1. The first-order valence-electron chi connectivity index (χ1n) is 2.55. The lowest BCUT2D eigenvalue weighted by atomic mass is 10.5. The van der Waals surface area contributed by atoms with E-state index in [1.807, 2.05) is 14.0 Å². The molecule has 50 valence electrons. The zero-order chi connectivity index (χ0) is 6.85. The standard InChI is InChI=1S/C5H7IN2O/c1-3-4(6)5(7-2)9-8-3/h7H,1-2H3. The van der Waals surface area contributed by atoms with Crippen molar-refractivity contribution in [3.8, 4) is 0 Å². The monoisotopic (exact) mass is 238 g/mol. The maximum atomic E-state index is 4.88. The third-order valence-corrected chi connectivity index (χ3v) is 2.29. The predicted molar refractivity (Wildman–Crippen MR) is 43.5 cm³/mol. The van der Waals surface area contributed by atoms with Crippen LogP contribution in [0.4, 0.5) is 5.88 Å². The van der Waals surface area contributed by atoms with E-state index in [0.717, 1.165) is 15.1 Å². The highest BCUT2D eigenvalue weighted by atomic mass is 127. The van der Waals surface area contributed by atoms with Crippen LogP contribution in [0.15, 0.2) is 4.52 Å². The summed E-state index contributed by atoms with van der Waals surface area (Å²) in [7, 11) is 1.81. The van der Waals surface area contributed by atoms with Crippen molar-refractivity contribution in [2.45, 2.75) is 6.92 Å². The van der Waals surface area contributed by atoms with Crippen LogP contribution in [0.5, 0.6) is 0 Å². The Kier molecular flexibility index (Phi) is 1.94. The van der Waals surface area contributed by atoms with Gasteiger partial charge in [-0.05, 0) is 29.5 Å². The Morgan fingerprint density at radius 3 is 2.56 bits per heavy atom. The molecule has 0 aromatic carbocycles. The third kappa shape index (κ3) is 1.17. The van der Waals surface area contributed by atoms with Gasteiger partial charge in [0.1, 0.15) is 3.57 Å². The molecule has 0 spiro atoms. The van der Waals surface area contributed by atoms with Gasteiger partial charge in [-0.25, -0.2) is 0 Å². The molecule has 0 atom stereocenters. The fourth-order valence-corrected chi connectivity index (χ4v) is 0.981. The number of rotatable bonds is 1. The smallest absolute Gasteiger partial charge is 0.238 e. The molecule has 0 bridgehead atoms. The molecular formula is C5H7IN2O. The second-order valence-electron chi connectivity index (χ2n) is 1.66. The van der Waals surface area contributed by atoms with Crippen LogP contribution < -0.4 is 5.32 Å². The molecule has 4 heteroatoms. The number of hydrogen-bond acceptors (Lipinski definition) is 3. The minimum Gasteiger partial charge on any atom is -0.356 e. The maximum absolute atomic E-state index is 4.88. The number of halogens is 1. The largest absolute Gasteiger partial charge is 0.356 e. The van der Waals surface area contributed by atoms with Crippen LogP contribution in [-0.2, 0) is 0 Å². The van der Waals surface area contributed by atoms with E-state index in [2.05, 4.69) is 33.1 Å². The molecule has 1 N–H and O–H groups in total. The normalized spacial score (nSPS) is 9.67. The van der Waals surface area contributed by atoms with Crippen molar-refractivity contribution in [2.75, 3.05) is 12.4 Å². The zero-order valence-electron chi connectivity index (χ0n) is 5.23. The zero-order valence-corrected chi connectivity index (χ0v) is 7.39. The van der Waals surface area contributed by atoms with Crippen LogP contribution in [-0.4, -0.2) is 12.2 Å². The topological polar surface area (TPSA) is 38.1 Å². The summed E-state index contributed by atoms with van der Waals surface area (Å²) in [6.45, 7) is 1.91. The third-order valence-electron chi connectivity index (χ3n) is 1.02. The van der Waals surface area contributed by atoms with Gasteiger partial charge in [0.25, 0.3) is 0 Å². The molecule has 9 heavy (non-hydrogen) atoms. The molecule has 0 fully saturated rings. The van der Waals surface area contributed by atoms with E-state index in [1.54, 1.807) is 0 Å². The lowest BCUT2D eigenvalue weighted by molar-refractivity contribution is 0.428. The van der Waals surface area contributed by atoms with E-state index < -0.39 is 0 Å². The van der Waals surface area contributed by atoms with Crippen molar-refractivity contribution < 1.29 is 4.52 Å². The van der Waals surface area contributed by atoms with Gasteiger partial charge in [-0.1, -0.05) is 5.16 Å². The first kappa shape index (κ1) is 6.85. The summed E-state index contributed by atoms with van der Waals surface area (Å²) in [6.07, 6.45) is 0. The summed E-state index contributed by atoms with van der Waals surface area (Å²) in [5, 5.41) is 6.62. The molecule has 0 aliphatic heterocycles. The molecule has 1 aromatic rings. The molecule has 0 aliphatic carbocycles. The molecule has 1 rings (SSSR count). The minimum absolute atomic E-state index is 0.744. The Morgan fingerprint density at radius 1 is 1.67 bits per heavy atom. The summed E-state index contributed by atoms with van der Waals surface area (Å²) < 4.78 is 5.93. The highest BCUT2D eigenvalue weighted by molar-refractivity contribution is 14.1. The molecule has 0 saturated carbocycles. The van der Waals surface area contributed by atoms with Crippen molar-refractivity contribution in [2.24, 2.45) is 0 Å². The highest BCUT2D eigenvalue weighted by Crippen LogP contribution is 2.19. The van der Waals surface area contributed by atoms with E-state index >= 15 is 0 Å². The number of aryl methyl sites for hydroxylation is 1. The Bertz CT molecular complexity index is 209. The molecule has 0 unspecified atom stereocenters. The van der Waals surface area contributed by atoms with E-state index in [9.17, 15) is 0 Å². The fraction of sp³-hybridized carbons (Fsp3) is 0.400. The number of anilines is 1. The van der Waals surface area contributed by atoms with E-state index in [0.29, 0.717) is 0 Å². The predicted octanol–water partition coefficient (Wildman–Crippen LogP) is 1.63. The molecule has 1 heterocycles. The van der Waals surface area contributed by atoms with Crippen LogP contribution in [0.1, 0.15) is 5.69 Å². The first-order valence-corrected chi connectivity index (χ1v) is 3.63. The van der Waals surface area contributed by atoms with Gasteiger partial charge in [-0.2, -0.15) is 0 Å². The Morgan fingerprint density at radius 2 is 2.33 bits per heavy atom.